The molecule has 0 spiro atoms. The summed E-state index contributed by atoms with van der Waals surface area (Å²) in [5, 5.41) is 16.6. The van der Waals surface area contributed by atoms with Crippen molar-refractivity contribution >= 4 is 45.5 Å². The van der Waals surface area contributed by atoms with Crippen molar-refractivity contribution in [3.05, 3.63) is 87.7 Å². The molecule has 0 unspecified atom stereocenters. The molecule has 2 amide bonds. The van der Waals surface area contributed by atoms with Crippen LogP contribution in [0.4, 0.5) is 5.69 Å². The van der Waals surface area contributed by atoms with Gasteiger partial charge in [-0.3, -0.25) is 24.7 Å². The first-order valence-corrected chi connectivity index (χ1v) is 8.89. The third-order valence-electron chi connectivity index (χ3n) is 4.83. The van der Waals surface area contributed by atoms with E-state index in [1.54, 1.807) is 12.1 Å². The van der Waals surface area contributed by atoms with E-state index in [9.17, 15) is 19.7 Å². The number of amides is 2. The van der Waals surface area contributed by atoms with E-state index in [1.807, 2.05) is 18.2 Å². The van der Waals surface area contributed by atoms with Gasteiger partial charge in [-0.25, -0.2) is 4.98 Å². The lowest BCUT2D eigenvalue weighted by atomic mass is 9.94. The third kappa shape index (κ3) is 2.60. The van der Waals surface area contributed by atoms with Crippen molar-refractivity contribution < 1.29 is 14.5 Å². The van der Waals surface area contributed by atoms with Crippen molar-refractivity contribution in [2.75, 3.05) is 0 Å². The molecule has 5 rings (SSSR count). The molecule has 9 nitrogen and oxygen atoms in total. The fourth-order valence-corrected chi connectivity index (χ4v) is 3.48. The second-order valence-corrected chi connectivity index (χ2v) is 6.57. The minimum absolute atomic E-state index is 0.167. The highest BCUT2D eigenvalue weighted by molar-refractivity contribution is 6.26. The summed E-state index contributed by atoms with van der Waals surface area (Å²) in [5.74, 6) is -1.33. The van der Waals surface area contributed by atoms with Gasteiger partial charge in [-0.1, -0.05) is 18.2 Å². The van der Waals surface area contributed by atoms with Crippen molar-refractivity contribution in [1.82, 2.24) is 15.0 Å². The Kier molecular flexibility index (Phi) is 3.82. The number of benzene rings is 3. The Hall–Kier alpha value is -4.53. The van der Waals surface area contributed by atoms with Crippen LogP contribution in [0, 0.1) is 10.1 Å². The maximum atomic E-state index is 12.9. The number of non-ortho nitro benzene ring substituents is 1. The van der Waals surface area contributed by atoms with Gasteiger partial charge < -0.3 is 0 Å². The van der Waals surface area contributed by atoms with Gasteiger partial charge >= 0.3 is 0 Å². The van der Waals surface area contributed by atoms with E-state index in [1.165, 1.54) is 36.7 Å². The van der Waals surface area contributed by atoms with Crippen molar-refractivity contribution in [3.63, 3.8) is 0 Å². The summed E-state index contributed by atoms with van der Waals surface area (Å²) >= 11 is 0. The molecule has 4 aromatic rings. The highest BCUT2D eigenvalue weighted by Gasteiger charge is 2.34. The van der Waals surface area contributed by atoms with E-state index in [0.29, 0.717) is 16.7 Å². The minimum Gasteiger partial charge on any atom is -0.267 e. The average Bonchev–Trinajstić information content (AvgIpc) is 2.76. The molecular weight excluding hydrogens is 386 g/mol. The van der Waals surface area contributed by atoms with Crippen LogP contribution in [0.25, 0.3) is 21.8 Å². The molecule has 0 radical (unpaired) electrons. The number of nitrogens with zero attached hydrogens (tertiary/aromatic N) is 5. The molecule has 9 heteroatoms. The lowest BCUT2D eigenvalue weighted by Crippen LogP contribution is -2.36. The Morgan fingerprint density at radius 1 is 0.933 bits per heavy atom. The van der Waals surface area contributed by atoms with E-state index in [-0.39, 0.29) is 27.6 Å². The molecule has 1 aliphatic rings. The van der Waals surface area contributed by atoms with Crippen molar-refractivity contribution in [2.45, 2.75) is 0 Å². The summed E-state index contributed by atoms with van der Waals surface area (Å²) in [7, 11) is 0. The molecule has 0 fully saturated rings. The predicted molar refractivity (Wildman–Crippen MR) is 108 cm³/mol. The Morgan fingerprint density at radius 3 is 2.43 bits per heavy atom. The fourth-order valence-electron chi connectivity index (χ4n) is 3.48. The zero-order valence-corrected chi connectivity index (χ0v) is 15.2. The number of rotatable bonds is 3. The van der Waals surface area contributed by atoms with Gasteiger partial charge in [-0.05, 0) is 30.3 Å². The Bertz CT molecular complexity index is 1410. The summed E-state index contributed by atoms with van der Waals surface area (Å²) in [6.07, 6.45) is 2.77. The summed E-state index contributed by atoms with van der Waals surface area (Å²) in [6, 6.07) is 14.5. The average molecular weight is 397 g/mol. The van der Waals surface area contributed by atoms with E-state index in [4.69, 9.17) is 0 Å². The number of para-hydroxylation sites is 2. The van der Waals surface area contributed by atoms with E-state index >= 15 is 0 Å². The van der Waals surface area contributed by atoms with Crippen LogP contribution in [0.3, 0.4) is 0 Å². The largest absolute Gasteiger partial charge is 0.282 e. The van der Waals surface area contributed by atoms with Gasteiger partial charge in [0.15, 0.2) is 0 Å². The van der Waals surface area contributed by atoms with Gasteiger partial charge in [0.1, 0.15) is 5.69 Å². The van der Waals surface area contributed by atoms with Crippen LogP contribution in [-0.4, -0.2) is 37.9 Å². The molecule has 3 aromatic carbocycles. The number of nitro benzene ring substituents is 1. The van der Waals surface area contributed by atoms with Gasteiger partial charge in [0.25, 0.3) is 17.5 Å². The van der Waals surface area contributed by atoms with E-state index < -0.39 is 16.7 Å². The Labute approximate surface area is 168 Å². The summed E-state index contributed by atoms with van der Waals surface area (Å²) in [5.41, 5.74) is 1.92. The zero-order valence-electron chi connectivity index (χ0n) is 15.2. The van der Waals surface area contributed by atoms with E-state index in [0.717, 1.165) is 5.01 Å². The second kappa shape index (κ2) is 6.52. The number of nitro groups is 1. The fraction of sp³-hybridized carbons (Fsp3) is 0. The maximum absolute atomic E-state index is 12.9. The molecule has 0 N–H and O–H groups in total. The summed E-state index contributed by atoms with van der Waals surface area (Å²) < 4.78 is 0. The van der Waals surface area contributed by atoms with Crippen molar-refractivity contribution in [1.29, 1.82) is 0 Å². The van der Waals surface area contributed by atoms with Gasteiger partial charge in [-0.15, -0.1) is 0 Å². The first-order valence-electron chi connectivity index (χ1n) is 8.89. The van der Waals surface area contributed by atoms with Gasteiger partial charge in [0.2, 0.25) is 0 Å². The van der Waals surface area contributed by atoms with Crippen molar-refractivity contribution in [3.8, 4) is 0 Å². The van der Waals surface area contributed by atoms with Crippen molar-refractivity contribution in [2.24, 2.45) is 5.10 Å². The number of carbonyl (C=O) groups excluding carboxylic acids is 2. The number of hydrogen-bond acceptors (Lipinski definition) is 7. The molecule has 0 bridgehead atoms. The second-order valence-electron chi connectivity index (χ2n) is 6.57. The maximum Gasteiger partial charge on any atom is 0.282 e. The van der Waals surface area contributed by atoms with Gasteiger partial charge in [0, 0.05) is 11.5 Å². The van der Waals surface area contributed by atoms with Gasteiger partial charge in [0.05, 0.1) is 44.9 Å². The quantitative estimate of drug-likeness (QED) is 0.226. The number of aromatic nitrogens is 2. The standard InChI is InChI=1S/C21H11N5O4/c27-20-14-5-3-4-13-18(26(29)30)9-8-15(19(13)14)21(28)25(20)23-11-12-10-22-16-6-1-2-7-17(16)24-12/h1-11H/b23-11-. The molecule has 1 aliphatic heterocycles. The minimum atomic E-state index is -0.663. The topological polar surface area (TPSA) is 119 Å². The first-order chi connectivity index (χ1) is 14.5. The smallest absolute Gasteiger partial charge is 0.267 e. The monoisotopic (exact) mass is 397 g/mol. The zero-order chi connectivity index (χ0) is 20.8. The summed E-state index contributed by atoms with van der Waals surface area (Å²) in [4.78, 5) is 45.3. The van der Waals surface area contributed by atoms with Crippen LogP contribution in [0.5, 0.6) is 0 Å². The molecule has 30 heavy (non-hydrogen) atoms. The molecule has 2 heterocycles. The SMILES string of the molecule is O=C1c2cccc3c([N+](=O)[O-])ccc(c23)C(=O)N1/N=C\c1cnc2ccccc2n1. The van der Waals surface area contributed by atoms with E-state index in [2.05, 4.69) is 15.1 Å². The number of carbonyl (C=O) groups is 2. The van der Waals surface area contributed by atoms with Crippen LogP contribution < -0.4 is 0 Å². The number of hydrogen-bond donors (Lipinski definition) is 0. The van der Waals surface area contributed by atoms with Crippen LogP contribution in [0.15, 0.2) is 65.9 Å². The molecule has 0 aliphatic carbocycles. The summed E-state index contributed by atoms with van der Waals surface area (Å²) in [6.45, 7) is 0. The van der Waals surface area contributed by atoms with Crippen LogP contribution >= 0.6 is 0 Å². The molecule has 0 saturated carbocycles. The highest BCUT2D eigenvalue weighted by atomic mass is 16.6. The third-order valence-corrected chi connectivity index (χ3v) is 4.83. The normalized spacial score (nSPS) is 13.5. The lowest BCUT2D eigenvalue weighted by Gasteiger charge is -2.22. The number of fused-ring (bicyclic) bond motifs is 1. The van der Waals surface area contributed by atoms with Gasteiger partial charge in [-0.2, -0.15) is 10.1 Å². The molecule has 0 atom stereocenters. The highest BCUT2D eigenvalue weighted by Crippen LogP contribution is 2.35. The predicted octanol–water partition coefficient (Wildman–Crippen LogP) is 3.32. The number of imide groups is 1. The Morgan fingerprint density at radius 2 is 1.67 bits per heavy atom. The number of hydrazone groups is 1. The first kappa shape index (κ1) is 17.6. The molecular formula is C21H11N5O4. The molecule has 144 valence electrons. The molecule has 0 saturated heterocycles. The lowest BCUT2D eigenvalue weighted by molar-refractivity contribution is -0.383. The van der Waals surface area contributed by atoms with Crippen LogP contribution in [-0.2, 0) is 0 Å². The molecule has 1 aromatic heterocycles. The Balaban J connectivity index is 1.58. The van der Waals surface area contributed by atoms with Crippen LogP contribution in [0.1, 0.15) is 26.4 Å². The van der Waals surface area contributed by atoms with Crippen LogP contribution in [0.2, 0.25) is 0 Å².